The summed E-state index contributed by atoms with van der Waals surface area (Å²) < 4.78 is 41.2. The highest BCUT2D eigenvalue weighted by atomic mass is 32.2. The van der Waals surface area contributed by atoms with Crippen molar-refractivity contribution in [1.82, 2.24) is 8.96 Å². The Bertz CT molecular complexity index is 1170. The Labute approximate surface area is 144 Å². The number of hydrogen-bond acceptors (Lipinski definition) is 3. The van der Waals surface area contributed by atoms with Crippen LogP contribution >= 0.6 is 0 Å². The third-order valence-corrected chi connectivity index (χ3v) is 5.59. The van der Waals surface area contributed by atoms with Gasteiger partial charge in [0.2, 0.25) is 0 Å². The van der Waals surface area contributed by atoms with E-state index in [2.05, 4.69) is 4.98 Å². The maximum atomic E-state index is 13.6. The number of halogens is 1. The molecular formula is C19H13FN2O2S. The summed E-state index contributed by atoms with van der Waals surface area (Å²) in [6.07, 6.45) is 0. The quantitative estimate of drug-likeness (QED) is 0.558. The maximum absolute atomic E-state index is 13.6. The summed E-state index contributed by atoms with van der Waals surface area (Å²) in [6.45, 7) is 0. The van der Waals surface area contributed by atoms with Crippen LogP contribution in [-0.4, -0.2) is 17.4 Å². The van der Waals surface area contributed by atoms with Gasteiger partial charge in [-0.1, -0.05) is 48.5 Å². The zero-order valence-corrected chi connectivity index (χ0v) is 13.8. The highest BCUT2D eigenvalue weighted by Crippen LogP contribution is 2.29. The fourth-order valence-electron chi connectivity index (χ4n) is 2.75. The predicted octanol–water partition coefficient (Wildman–Crippen LogP) is 4.08. The molecule has 0 radical (unpaired) electrons. The van der Waals surface area contributed by atoms with Crippen LogP contribution in [0.1, 0.15) is 0 Å². The zero-order chi connectivity index (χ0) is 17.4. The first-order valence-electron chi connectivity index (χ1n) is 7.61. The summed E-state index contributed by atoms with van der Waals surface area (Å²) in [6, 6.07) is 21.0. The van der Waals surface area contributed by atoms with Crippen molar-refractivity contribution in [2.45, 2.75) is 4.90 Å². The molecule has 0 N–H and O–H groups in total. The van der Waals surface area contributed by atoms with E-state index in [4.69, 9.17) is 0 Å². The fourth-order valence-corrected chi connectivity index (χ4v) is 4.26. The summed E-state index contributed by atoms with van der Waals surface area (Å²) in [4.78, 5) is 4.37. The van der Waals surface area contributed by atoms with E-state index in [1.165, 1.54) is 22.2 Å². The van der Waals surface area contributed by atoms with Crippen molar-refractivity contribution in [2.24, 2.45) is 0 Å². The molecule has 0 aliphatic heterocycles. The van der Waals surface area contributed by atoms with Gasteiger partial charge in [-0.05, 0) is 30.3 Å². The smallest absolute Gasteiger partial charge is 0.227 e. The molecule has 0 saturated carbocycles. The van der Waals surface area contributed by atoms with Crippen molar-refractivity contribution >= 4 is 21.1 Å². The van der Waals surface area contributed by atoms with E-state index >= 15 is 0 Å². The molecule has 0 aliphatic carbocycles. The van der Waals surface area contributed by atoms with Crippen molar-refractivity contribution < 1.29 is 12.8 Å². The van der Waals surface area contributed by atoms with Gasteiger partial charge in [0.05, 0.1) is 15.9 Å². The topological polar surface area (TPSA) is 52.0 Å². The molecule has 1 heterocycles. The molecule has 4 rings (SSSR count). The predicted molar refractivity (Wildman–Crippen MR) is 94.2 cm³/mol. The molecular weight excluding hydrogens is 339 g/mol. The number of aromatic nitrogens is 2. The van der Waals surface area contributed by atoms with Crippen LogP contribution < -0.4 is 0 Å². The van der Waals surface area contributed by atoms with Crippen LogP contribution in [0.5, 0.6) is 0 Å². The lowest BCUT2D eigenvalue weighted by molar-refractivity contribution is 0.584. The summed E-state index contributed by atoms with van der Waals surface area (Å²) in [5, 5.41) is 0. The number of hydrogen-bond donors (Lipinski definition) is 0. The van der Waals surface area contributed by atoms with Crippen LogP contribution in [0.2, 0.25) is 0 Å². The van der Waals surface area contributed by atoms with Gasteiger partial charge in [0.15, 0.2) is 5.82 Å². The molecule has 0 fully saturated rings. The molecule has 3 aromatic carbocycles. The van der Waals surface area contributed by atoms with Crippen molar-refractivity contribution in [3.8, 4) is 11.4 Å². The Hall–Kier alpha value is -2.99. The normalized spacial score (nSPS) is 11.7. The van der Waals surface area contributed by atoms with Crippen molar-refractivity contribution in [3.63, 3.8) is 0 Å². The Morgan fingerprint density at radius 3 is 2.32 bits per heavy atom. The monoisotopic (exact) mass is 352 g/mol. The van der Waals surface area contributed by atoms with Crippen LogP contribution in [0.3, 0.4) is 0 Å². The first-order chi connectivity index (χ1) is 12.1. The molecule has 0 amide bonds. The zero-order valence-electron chi connectivity index (χ0n) is 13.0. The van der Waals surface area contributed by atoms with E-state index in [-0.39, 0.29) is 4.90 Å². The number of rotatable bonds is 3. The van der Waals surface area contributed by atoms with Crippen LogP contribution in [0.15, 0.2) is 83.8 Å². The van der Waals surface area contributed by atoms with Gasteiger partial charge in [0.25, 0.3) is 10.0 Å². The highest BCUT2D eigenvalue weighted by Gasteiger charge is 2.25. The van der Waals surface area contributed by atoms with Gasteiger partial charge in [-0.3, -0.25) is 0 Å². The van der Waals surface area contributed by atoms with E-state index in [0.717, 1.165) is 6.07 Å². The average Bonchev–Trinajstić information content (AvgIpc) is 3.03. The minimum atomic E-state index is -4.01. The van der Waals surface area contributed by atoms with Crippen LogP contribution in [0.25, 0.3) is 22.4 Å². The summed E-state index contributed by atoms with van der Waals surface area (Å²) >= 11 is 0. The molecule has 4 nitrogen and oxygen atoms in total. The Morgan fingerprint density at radius 2 is 1.56 bits per heavy atom. The van der Waals surface area contributed by atoms with Gasteiger partial charge in [-0.2, -0.15) is 0 Å². The molecule has 0 spiro atoms. The summed E-state index contributed by atoms with van der Waals surface area (Å²) in [5.41, 5.74) is 1.67. The number of nitrogens with zero attached hydrogens (tertiary/aromatic N) is 2. The fraction of sp³-hybridized carbons (Fsp3) is 0. The Balaban J connectivity index is 2.07. The second-order valence-electron chi connectivity index (χ2n) is 5.52. The third-order valence-electron chi connectivity index (χ3n) is 3.89. The van der Waals surface area contributed by atoms with Crippen LogP contribution in [0, 0.1) is 5.82 Å². The second kappa shape index (κ2) is 5.82. The molecule has 6 heteroatoms. The standard InChI is InChI=1S/C19H13FN2O2S/c20-15-9-6-10-16(13-15)25(23,24)22-18-12-5-4-11-17(18)21-19(22)14-7-2-1-3-8-14/h1-13H. The molecule has 0 unspecified atom stereocenters. The largest absolute Gasteiger partial charge is 0.270 e. The van der Waals surface area contributed by atoms with E-state index in [9.17, 15) is 12.8 Å². The van der Waals surface area contributed by atoms with Gasteiger partial charge >= 0.3 is 0 Å². The van der Waals surface area contributed by atoms with Gasteiger partial charge < -0.3 is 0 Å². The molecule has 0 atom stereocenters. The summed E-state index contributed by atoms with van der Waals surface area (Å²) in [7, 11) is -4.01. The van der Waals surface area contributed by atoms with E-state index in [1.54, 1.807) is 36.4 Å². The number of imidazole rings is 1. The molecule has 0 saturated heterocycles. The number of para-hydroxylation sites is 2. The molecule has 0 aliphatic rings. The Kier molecular flexibility index (Phi) is 3.62. The summed E-state index contributed by atoms with van der Waals surface area (Å²) in [5.74, 6) is -0.308. The first kappa shape index (κ1) is 15.5. The van der Waals surface area contributed by atoms with Crippen molar-refractivity contribution in [2.75, 3.05) is 0 Å². The second-order valence-corrected chi connectivity index (χ2v) is 7.30. The van der Waals surface area contributed by atoms with Crippen molar-refractivity contribution in [3.05, 3.63) is 84.7 Å². The lowest BCUT2D eigenvalue weighted by Crippen LogP contribution is -2.14. The van der Waals surface area contributed by atoms with E-state index in [0.29, 0.717) is 22.4 Å². The molecule has 0 bridgehead atoms. The molecule has 4 aromatic rings. The minimum Gasteiger partial charge on any atom is -0.227 e. The van der Waals surface area contributed by atoms with Gasteiger partial charge in [0.1, 0.15) is 5.82 Å². The SMILES string of the molecule is O=S(=O)(c1cccc(F)c1)n1c(-c2ccccc2)nc2ccccc21. The van der Waals surface area contributed by atoms with Gasteiger partial charge in [-0.15, -0.1) is 0 Å². The minimum absolute atomic E-state index is 0.118. The van der Waals surface area contributed by atoms with Crippen LogP contribution in [0.4, 0.5) is 4.39 Å². The van der Waals surface area contributed by atoms with Crippen molar-refractivity contribution in [1.29, 1.82) is 0 Å². The van der Waals surface area contributed by atoms with E-state index < -0.39 is 15.8 Å². The molecule has 25 heavy (non-hydrogen) atoms. The van der Waals surface area contributed by atoms with Crippen LogP contribution in [-0.2, 0) is 10.0 Å². The average molecular weight is 352 g/mol. The highest BCUT2D eigenvalue weighted by molar-refractivity contribution is 7.90. The van der Waals surface area contributed by atoms with Gasteiger partial charge in [-0.25, -0.2) is 21.8 Å². The Morgan fingerprint density at radius 1 is 0.840 bits per heavy atom. The number of fused-ring (bicyclic) bond motifs is 1. The van der Waals surface area contributed by atoms with E-state index in [1.807, 2.05) is 18.2 Å². The lowest BCUT2D eigenvalue weighted by atomic mass is 10.2. The first-order valence-corrected chi connectivity index (χ1v) is 9.05. The molecule has 124 valence electrons. The lowest BCUT2D eigenvalue weighted by Gasteiger charge is -2.11. The molecule has 1 aromatic heterocycles. The maximum Gasteiger partial charge on any atom is 0.270 e. The van der Waals surface area contributed by atoms with Gasteiger partial charge in [0, 0.05) is 5.56 Å². The third kappa shape index (κ3) is 2.60. The number of benzene rings is 3.